The number of para-hydroxylation sites is 1. The molecule has 0 amide bonds. The van der Waals surface area contributed by atoms with Crippen LogP contribution in [0.3, 0.4) is 0 Å². The van der Waals surface area contributed by atoms with Gasteiger partial charge in [0.1, 0.15) is 0 Å². The highest BCUT2D eigenvalue weighted by molar-refractivity contribution is 5.91. The molecule has 0 heterocycles. The summed E-state index contributed by atoms with van der Waals surface area (Å²) < 4.78 is 0. The zero-order valence-corrected chi connectivity index (χ0v) is 32.6. The lowest BCUT2D eigenvalue weighted by molar-refractivity contribution is -0.00518. The van der Waals surface area contributed by atoms with Crippen LogP contribution in [0.1, 0.15) is 69.1 Å². The van der Waals surface area contributed by atoms with Crippen molar-refractivity contribution in [2.24, 2.45) is 17.8 Å². The summed E-state index contributed by atoms with van der Waals surface area (Å²) in [5.41, 5.74) is 18.4. The standard InChI is InChI=1S/C55H49N/c1-54(2)51-32-44(42-17-22-45(23-18-42)55-34-37-29-38(35-55)31-39(30-37)36-55)21-27-49(51)50-28-26-47(33-52(50)54)56(46-24-19-41(20-25-46)40-11-5-3-6-12-40)53-16-10-9-15-48(53)43-13-7-4-8-14-43/h3-28,32-33,37-39H,29-31,34-36H2,1-2H3. The van der Waals surface area contributed by atoms with E-state index in [0.717, 1.165) is 23.4 Å². The SMILES string of the molecule is CC1(C)c2cc(-c3ccc(C45CC6CC(CC(C6)C4)C5)cc3)ccc2-c2ccc(N(c3ccc(-c4ccccc4)cc3)c3ccccc3-c3ccccc3)cc21. The minimum atomic E-state index is -0.155. The summed E-state index contributed by atoms with van der Waals surface area (Å²) in [6.45, 7) is 4.83. The lowest BCUT2D eigenvalue weighted by Crippen LogP contribution is -2.48. The Morgan fingerprint density at radius 3 is 1.55 bits per heavy atom. The third kappa shape index (κ3) is 5.50. The van der Waals surface area contributed by atoms with E-state index in [1.165, 1.54) is 106 Å². The van der Waals surface area contributed by atoms with Gasteiger partial charge in [0.15, 0.2) is 0 Å². The molecule has 1 nitrogen and oxygen atoms in total. The summed E-state index contributed by atoms with van der Waals surface area (Å²) in [6.07, 6.45) is 8.73. The molecule has 12 rings (SSSR count). The third-order valence-electron chi connectivity index (χ3n) is 14.2. The Balaban J connectivity index is 0.960. The van der Waals surface area contributed by atoms with Crippen molar-refractivity contribution in [2.45, 2.75) is 63.2 Å². The molecule has 0 saturated heterocycles. The van der Waals surface area contributed by atoms with Gasteiger partial charge in [-0.1, -0.05) is 147 Å². The lowest BCUT2D eigenvalue weighted by atomic mass is 9.48. The molecule has 0 spiro atoms. The van der Waals surface area contributed by atoms with Gasteiger partial charge in [-0.2, -0.15) is 0 Å². The molecule has 5 aliphatic rings. The van der Waals surface area contributed by atoms with Gasteiger partial charge in [0.2, 0.25) is 0 Å². The first kappa shape index (κ1) is 33.7. The summed E-state index contributed by atoms with van der Waals surface area (Å²) >= 11 is 0. The number of nitrogens with zero attached hydrogens (tertiary/aromatic N) is 1. The number of anilines is 3. The fourth-order valence-corrected chi connectivity index (χ4v) is 11.9. The number of hydrogen-bond acceptors (Lipinski definition) is 1. The summed E-state index contributed by atoms with van der Waals surface area (Å²) in [4.78, 5) is 2.45. The summed E-state index contributed by atoms with van der Waals surface area (Å²) in [7, 11) is 0. The second-order valence-electron chi connectivity index (χ2n) is 18.0. The highest BCUT2D eigenvalue weighted by Crippen LogP contribution is 2.61. The highest BCUT2D eigenvalue weighted by atomic mass is 15.1. The molecular weight excluding hydrogens is 675 g/mol. The zero-order valence-electron chi connectivity index (χ0n) is 32.6. The Hall–Kier alpha value is -5.66. The molecule has 7 aromatic rings. The molecular formula is C55H49N. The second-order valence-corrected chi connectivity index (χ2v) is 18.0. The molecule has 5 aliphatic carbocycles. The first-order valence-electron chi connectivity index (χ1n) is 20.9. The minimum Gasteiger partial charge on any atom is -0.310 e. The Bertz CT molecular complexity index is 2530. The van der Waals surface area contributed by atoms with Crippen LogP contribution in [0.4, 0.5) is 17.1 Å². The van der Waals surface area contributed by atoms with E-state index in [-0.39, 0.29) is 5.41 Å². The largest absolute Gasteiger partial charge is 0.310 e. The fraction of sp³-hybridized carbons (Fsp3) is 0.236. The van der Waals surface area contributed by atoms with Gasteiger partial charge in [0.25, 0.3) is 0 Å². The van der Waals surface area contributed by atoms with Crippen molar-refractivity contribution in [2.75, 3.05) is 4.90 Å². The van der Waals surface area contributed by atoms with Gasteiger partial charge >= 0.3 is 0 Å². The van der Waals surface area contributed by atoms with E-state index in [9.17, 15) is 0 Å². The van der Waals surface area contributed by atoms with Crippen LogP contribution in [-0.4, -0.2) is 0 Å². The van der Waals surface area contributed by atoms with Crippen molar-refractivity contribution in [3.8, 4) is 44.5 Å². The van der Waals surface area contributed by atoms with E-state index in [1.807, 2.05) is 0 Å². The summed E-state index contributed by atoms with van der Waals surface area (Å²) in [5.74, 6) is 2.90. The van der Waals surface area contributed by atoms with Crippen molar-refractivity contribution in [1.82, 2.24) is 0 Å². The van der Waals surface area contributed by atoms with E-state index in [2.05, 4.69) is 189 Å². The van der Waals surface area contributed by atoms with Crippen molar-refractivity contribution in [3.05, 3.63) is 187 Å². The predicted molar refractivity (Wildman–Crippen MR) is 235 cm³/mol. The lowest BCUT2D eigenvalue weighted by Gasteiger charge is -2.57. The van der Waals surface area contributed by atoms with Gasteiger partial charge in [0.05, 0.1) is 5.69 Å². The Morgan fingerprint density at radius 2 is 0.893 bits per heavy atom. The van der Waals surface area contributed by atoms with E-state index in [1.54, 1.807) is 5.56 Å². The fourth-order valence-electron chi connectivity index (χ4n) is 11.9. The quantitative estimate of drug-likeness (QED) is 0.158. The van der Waals surface area contributed by atoms with Gasteiger partial charge in [0, 0.05) is 22.4 Å². The average molecular weight is 724 g/mol. The summed E-state index contributed by atoms with van der Waals surface area (Å²) in [6, 6.07) is 63.6. The number of benzene rings is 7. The second kappa shape index (κ2) is 13.0. The van der Waals surface area contributed by atoms with Crippen LogP contribution in [-0.2, 0) is 10.8 Å². The molecule has 0 aromatic heterocycles. The van der Waals surface area contributed by atoms with Crippen LogP contribution in [0.25, 0.3) is 44.5 Å². The molecule has 0 aliphatic heterocycles. The van der Waals surface area contributed by atoms with Crippen molar-refractivity contribution < 1.29 is 0 Å². The van der Waals surface area contributed by atoms with Gasteiger partial charge in [-0.25, -0.2) is 0 Å². The van der Waals surface area contributed by atoms with Crippen molar-refractivity contribution in [3.63, 3.8) is 0 Å². The van der Waals surface area contributed by atoms with Crippen LogP contribution in [0.5, 0.6) is 0 Å². The Kier molecular flexibility index (Phi) is 7.79. The van der Waals surface area contributed by atoms with Crippen LogP contribution in [0, 0.1) is 17.8 Å². The van der Waals surface area contributed by atoms with Crippen LogP contribution >= 0.6 is 0 Å². The maximum atomic E-state index is 2.50. The van der Waals surface area contributed by atoms with Crippen molar-refractivity contribution >= 4 is 17.1 Å². The molecule has 0 radical (unpaired) electrons. The van der Waals surface area contributed by atoms with Crippen LogP contribution < -0.4 is 4.90 Å². The number of hydrogen-bond donors (Lipinski definition) is 0. The molecule has 56 heavy (non-hydrogen) atoms. The maximum absolute atomic E-state index is 2.50. The molecule has 274 valence electrons. The first-order valence-corrected chi connectivity index (χ1v) is 20.9. The smallest absolute Gasteiger partial charge is 0.0540 e. The van der Waals surface area contributed by atoms with Gasteiger partial charge in [-0.05, 0) is 154 Å². The van der Waals surface area contributed by atoms with Crippen LogP contribution in [0.2, 0.25) is 0 Å². The zero-order chi connectivity index (χ0) is 37.4. The monoisotopic (exact) mass is 723 g/mol. The maximum Gasteiger partial charge on any atom is 0.0540 e. The molecule has 1 heteroatoms. The molecule has 4 fully saturated rings. The molecule has 4 bridgehead atoms. The highest BCUT2D eigenvalue weighted by Gasteiger charge is 2.51. The van der Waals surface area contributed by atoms with E-state index >= 15 is 0 Å². The third-order valence-corrected chi connectivity index (χ3v) is 14.2. The average Bonchev–Trinajstić information content (AvgIpc) is 3.46. The molecule has 0 N–H and O–H groups in total. The molecule has 4 saturated carbocycles. The molecule has 0 atom stereocenters. The van der Waals surface area contributed by atoms with E-state index in [0.29, 0.717) is 5.41 Å². The Morgan fingerprint density at radius 1 is 0.411 bits per heavy atom. The normalized spacial score (nSPS) is 22.4. The van der Waals surface area contributed by atoms with Gasteiger partial charge in [-0.3, -0.25) is 0 Å². The summed E-state index contributed by atoms with van der Waals surface area (Å²) in [5, 5.41) is 0. The molecule has 0 unspecified atom stereocenters. The van der Waals surface area contributed by atoms with Crippen LogP contribution in [0.15, 0.2) is 170 Å². The Labute approximate surface area is 332 Å². The molecule has 7 aromatic carbocycles. The van der Waals surface area contributed by atoms with Gasteiger partial charge < -0.3 is 4.90 Å². The van der Waals surface area contributed by atoms with E-state index in [4.69, 9.17) is 0 Å². The topological polar surface area (TPSA) is 3.24 Å². The van der Waals surface area contributed by atoms with Crippen molar-refractivity contribution in [1.29, 1.82) is 0 Å². The van der Waals surface area contributed by atoms with E-state index < -0.39 is 0 Å². The number of rotatable bonds is 7. The first-order chi connectivity index (χ1) is 27.4. The predicted octanol–water partition coefficient (Wildman–Crippen LogP) is 14.9. The van der Waals surface area contributed by atoms with Gasteiger partial charge in [-0.15, -0.1) is 0 Å². The number of fused-ring (bicyclic) bond motifs is 3. The minimum absolute atomic E-state index is 0.155.